The number of hydrogen-bond acceptors (Lipinski definition) is 3. The molecule has 0 aromatic heterocycles. The largest absolute Gasteiger partial charge is 0.512 e. The van der Waals surface area contributed by atoms with Crippen molar-refractivity contribution in [2.75, 3.05) is 6.54 Å². The van der Waals surface area contributed by atoms with Gasteiger partial charge in [0.15, 0.2) is 0 Å². The normalized spacial score (nSPS) is 17.1. The molecule has 14 heavy (non-hydrogen) atoms. The number of hydrogen-bond donors (Lipinski definition) is 3. The molecule has 82 valence electrons. The molecule has 1 unspecified atom stereocenters. The Bertz CT molecular complexity index is 225. The van der Waals surface area contributed by atoms with Crippen LogP contribution in [0.5, 0.6) is 0 Å². The topological polar surface area (TPSA) is 66.5 Å². The van der Waals surface area contributed by atoms with E-state index in [9.17, 15) is 10.2 Å². The molecule has 2 atom stereocenters. The second-order valence-electron chi connectivity index (χ2n) is 4.07. The summed E-state index contributed by atoms with van der Waals surface area (Å²) in [5.41, 5.74) is 5.66. The van der Waals surface area contributed by atoms with Crippen LogP contribution >= 0.6 is 0 Å². The van der Waals surface area contributed by atoms with Crippen LogP contribution in [0.2, 0.25) is 0 Å². The van der Waals surface area contributed by atoms with E-state index in [4.69, 9.17) is 5.73 Å². The van der Waals surface area contributed by atoms with Crippen LogP contribution in [0.1, 0.15) is 26.7 Å². The molecule has 0 bridgehead atoms. The smallest absolute Gasteiger partial charge is 0.0936 e. The lowest BCUT2D eigenvalue weighted by Crippen LogP contribution is -2.39. The zero-order chi connectivity index (χ0) is 11.4. The average molecular weight is 199 g/mol. The average Bonchev–Trinajstić information content (AvgIpc) is 2.12. The van der Waals surface area contributed by atoms with E-state index in [2.05, 4.69) is 13.2 Å². The summed E-state index contributed by atoms with van der Waals surface area (Å²) in [6, 6.07) is 0. The molecule has 3 nitrogen and oxygen atoms in total. The summed E-state index contributed by atoms with van der Waals surface area (Å²) in [6.07, 6.45) is 0.586. The summed E-state index contributed by atoms with van der Waals surface area (Å²) >= 11 is 0. The highest BCUT2D eigenvalue weighted by atomic mass is 16.3. The molecule has 0 aliphatic rings. The number of allylic oxidation sites excluding steroid dienone is 1. The quantitative estimate of drug-likeness (QED) is 0.451. The second-order valence-corrected chi connectivity index (χ2v) is 4.07. The molecule has 0 aromatic carbocycles. The van der Waals surface area contributed by atoms with Gasteiger partial charge in [-0.05, 0) is 26.7 Å². The first-order valence-electron chi connectivity index (χ1n) is 4.75. The lowest BCUT2D eigenvalue weighted by atomic mass is 9.77. The number of nitrogens with two attached hydrogens (primary N) is 1. The minimum absolute atomic E-state index is 0.0169. The molecule has 3 heteroatoms. The van der Waals surface area contributed by atoms with E-state index in [-0.39, 0.29) is 12.3 Å². The van der Waals surface area contributed by atoms with E-state index in [1.165, 1.54) is 0 Å². The molecule has 0 saturated heterocycles. The van der Waals surface area contributed by atoms with Crippen molar-refractivity contribution >= 4 is 0 Å². The fraction of sp³-hybridized carbons (Fsp3) is 0.636. The second kappa shape index (κ2) is 5.17. The monoisotopic (exact) mass is 199 g/mol. The Morgan fingerprint density at radius 3 is 2.29 bits per heavy atom. The molecular formula is C11H21NO2. The molecule has 4 N–H and O–H groups in total. The van der Waals surface area contributed by atoms with Gasteiger partial charge < -0.3 is 15.9 Å². The standard InChI is InChI=1S/C11H21NO2/c1-8(2)5-6-11(4,9(3)13)10(14)7-12/h10,13-14H,1,3,5-7,12H2,2,4H3/t10-,11?/m1/s1. The van der Waals surface area contributed by atoms with Crippen LogP contribution in [0.25, 0.3) is 0 Å². The molecule has 0 aromatic rings. The highest BCUT2D eigenvalue weighted by molar-refractivity contribution is 5.06. The predicted molar refractivity (Wildman–Crippen MR) is 59.0 cm³/mol. The Balaban J connectivity index is 4.55. The highest BCUT2D eigenvalue weighted by Gasteiger charge is 2.34. The van der Waals surface area contributed by atoms with Gasteiger partial charge in [0.05, 0.1) is 17.3 Å². The van der Waals surface area contributed by atoms with Crippen molar-refractivity contribution in [1.82, 2.24) is 0 Å². The molecule has 0 radical (unpaired) electrons. The van der Waals surface area contributed by atoms with Gasteiger partial charge in [0.2, 0.25) is 0 Å². The lowest BCUT2D eigenvalue weighted by Gasteiger charge is -2.33. The molecular weight excluding hydrogens is 178 g/mol. The van der Waals surface area contributed by atoms with Crippen LogP contribution in [-0.4, -0.2) is 22.9 Å². The van der Waals surface area contributed by atoms with Gasteiger partial charge in [-0.25, -0.2) is 0 Å². The van der Waals surface area contributed by atoms with Crippen LogP contribution in [0.4, 0.5) is 0 Å². The Morgan fingerprint density at radius 1 is 1.50 bits per heavy atom. The van der Waals surface area contributed by atoms with Crippen molar-refractivity contribution < 1.29 is 10.2 Å². The Kier molecular flexibility index (Phi) is 4.88. The highest BCUT2D eigenvalue weighted by Crippen LogP contribution is 2.34. The van der Waals surface area contributed by atoms with Crippen molar-refractivity contribution in [2.45, 2.75) is 32.8 Å². The Hall–Kier alpha value is -0.800. The zero-order valence-corrected chi connectivity index (χ0v) is 9.08. The molecule has 0 aliphatic heterocycles. The van der Waals surface area contributed by atoms with E-state index >= 15 is 0 Å². The van der Waals surface area contributed by atoms with Gasteiger partial charge in [0.25, 0.3) is 0 Å². The first kappa shape index (κ1) is 13.2. The Labute approximate surface area is 85.9 Å². The third-order valence-corrected chi connectivity index (χ3v) is 2.69. The molecule has 0 saturated carbocycles. The number of aliphatic hydroxyl groups excluding tert-OH is 2. The fourth-order valence-corrected chi connectivity index (χ4v) is 1.24. The van der Waals surface area contributed by atoms with Crippen molar-refractivity contribution in [1.29, 1.82) is 0 Å². The molecule has 0 heterocycles. The van der Waals surface area contributed by atoms with Crippen LogP contribution in [0.15, 0.2) is 24.5 Å². The van der Waals surface area contributed by atoms with E-state index in [0.29, 0.717) is 6.42 Å². The summed E-state index contributed by atoms with van der Waals surface area (Å²) in [7, 11) is 0. The maximum Gasteiger partial charge on any atom is 0.0936 e. The summed E-state index contributed by atoms with van der Waals surface area (Å²) in [5, 5.41) is 19.1. The first-order valence-corrected chi connectivity index (χ1v) is 4.75. The van der Waals surface area contributed by atoms with Gasteiger partial charge in [-0.1, -0.05) is 12.2 Å². The van der Waals surface area contributed by atoms with Gasteiger partial charge in [-0.2, -0.15) is 0 Å². The van der Waals surface area contributed by atoms with Crippen LogP contribution in [0.3, 0.4) is 0 Å². The molecule has 0 spiro atoms. The maximum absolute atomic E-state index is 9.68. The van der Waals surface area contributed by atoms with E-state index in [1.54, 1.807) is 6.92 Å². The molecule has 0 fully saturated rings. The minimum Gasteiger partial charge on any atom is -0.512 e. The van der Waals surface area contributed by atoms with Crippen molar-refractivity contribution in [3.63, 3.8) is 0 Å². The van der Waals surface area contributed by atoms with E-state index < -0.39 is 11.5 Å². The first-order chi connectivity index (χ1) is 6.34. The van der Waals surface area contributed by atoms with Gasteiger partial charge >= 0.3 is 0 Å². The summed E-state index contributed by atoms with van der Waals surface area (Å²) < 4.78 is 0. The van der Waals surface area contributed by atoms with Gasteiger partial charge in [-0.15, -0.1) is 6.58 Å². The van der Waals surface area contributed by atoms with E-state index in [0.717, 1.165) is 12.0 Å². The maximum atomic E-state index is 9.68. The van der Waals surface area contributed by atoms with Crippen molar-refractivity contribution in [2.24, 2.45) is 11.1 Å². The molecule has 0 aliphatic carbocycles. The summed E-state index contributed by atoms with van der Waals surface area (Å²) in [6.45, 7) is 11.1. The molecule has 0 amide bonds. The Morgan fingerprint density at radius 2 is 2.00 bits per heavy atom. The summed E-state index contributed by atoms with van der Waals surface area (Å²) in [4.78, 5) is 0. The minimum atomic E-state index is -0.764. The van der Waals surface area contributed by atoms with E-state index in [1.807, 2.05) is 6.92 Å². The third kappa shape index (κ3) is 3.16. The number of aliphatic hydroxyl groups is 2. The van der Waals surface area contributed by atoms with Crippen LogP contribution in [0, 0.1) is 5.41 Å². The SMILES string of the molecule is C=C(C)CCC(C)(C(=C)O)[C@H](O)CN. The zero-order valence-electron chi connectivity index (χ0n) is 9.08. The van der Waals surface area contributed by atoms with Crippen molar-refractivity contribution in [3.05, 3.63) is 24.5 Å². The van der Waals surface area contributed by atoms with Gasteiger partial charge in [0, 0.05) is 6.54 Å². The van der Waals surface area contributed by atoms with Crippen LogP contribution < -0.4 is 5.73 Å². The number of rotatable bonds is 6. The predicted octanol–water partition coefficient (Wildman–Crippen LogP) is 1.74. The van der Waals surface area contributed by atoms with Gasteiger partial charge in [0.1, 0.15) is 0 Å². The fourth-order valence-electron chi connectivity index (χ4n) is 1.24. The van der Waals surface area contributed by atoms with Crippen LogP contribution in [-0.2, 0) is 0 Å². The third-order valence-electron chi connectivity index (χ3n) is 2.69. The molecule has 0 rings (SSSR count). The van der Waals surface area contributed by atoms with Gasteiger partial charge in [-0.3, -0.25) is 0 Å². The lowest BCUT2D eigenvalue weighted by molar-refractivity contribution is 0.0352. The summed E-state index contributed by atoms with van der Waals surface area (Å²) in [5.74, 6) is -0.0169. The van der Waals surface area contributed by atoms with Crippen molar-refractivity contribution in [3.8, 4) is 0 Å².